The van der Waals surface area contributed by atoms with Crippen LogP contribution in [0.1, 0.15) is 26.7 Å². The lowest BCUT2D eigenvalue weighted by Crippen LogP contribution is -2.45. The first-order chi connectivity index (χ1) is 6.06. The quantitative estimate of drug-likeness (QED) is 0.677. The Labute approximate surface area is 78.1 Å². The van der Waals surface area contributed by atoms with E-state index in [1.54, 1.807) is 4.90 Å². The van der Waals surface area contributed by atoms with Gasteiger partial charge >= 0.3 is 0 Å². The Morgan fingerprint density at radius 2 is 2.38 bits per heavy atom. The summed E-state index contributed by atoms with van der Waals surface area (Å²) in [5.74, 6) is 0.00370. The van der Waals surface area contributed by atoms with E-state index in [-0.39, 0.29) is 5.91 Å². The Hall–Kier alpha value is -1.06. The summed E-state index contributed by atoms with van der Waals surface area (Å²) in [6.45, 7) is 4.54. The van der Waals surface area contributed by atoms with Gasteiger partial charge in [-0.15, -0.1) is 0 Å². The third-order valence-corrected chi connectivity index (χ3v) is 2.44. The van der Waals surface area contributed by atoms with Gasteiger partial charge < -0.3 is 10.6 Å². The second kappa shape index (κ2) is 3.77. The third-order valence-electron chi connectivity index (χ3n) is 2.44. The van der Waals surface area contributed by atoms with Gasteiger partial charge in [0.1, 0.15) is 6.04 Å². The molecular weight excluding hydrogens is 168 g/mol. The molecule has 0 saturated carbocycles. The van der Waals surface area contributed by atoms with Crippen molar-refractivity contribution in [2.75, 3.05) is 6.54 Å². The first-order valence-corrected chi connectivity index (χ1v) is 4.65. The van der Waals surface area contributed by atoms with Gasteiger partial charge in [0.25, 0.3) is 0 Å². The smallest absolute Gasteiger partial charge is 0.240 e. The highest BCUT2D eigenvalue weighted by Gasteiger charge is 2.33. The van der Waals surface area contributed by atoms with Crippen LogP contribution < -0.4 is 5.73 Å². The molecule has 0 aliphatic carbocycles. The van der Waals surface area contributed by atoms with Crippen LogP contribution in [0.2, 0.25) is 0 Å². The Balaban J connectivity index is 2.69. The van der Waals surface area contributed by atoms with Gasteiger partial charge in [-0.3, -0.25) is 9.59 Å². The zero-order valence-electron chi connectivity index (χ0n) is 8.12. The van der Waals surface area contributed by atoms with E-state index in [1.165, 1.54) is 0 Å². The number of hydrogen-bond donors (Lipinski definition) is 1. The summed E-state index contributed by atoms with van der Waals surface area (Å²) >= 11 is 0. The van der Waals surface area contributed by atoms with Crippen LogP contribution in [0, 0.1) is 5.92 Å². The van der Waals surface area contributed by atoms with Gasteiger partial charge in [0, 0.05) is 13.0 Å². The van der Waals surface area contributed by atoms with Crippen molar-refractivity contribution in [2.45, 2.75) is 32.7 Å². The minimum atomic E-state index is -0.405. The first kappa shape index (κ1) is 10.0. The molecule has 4 heteroatoms. The molecule has 4 nitrogen and oxygen atoms in total. The van der Waals surface area contributed by atoms with Crippen molar-refractivity contribution < 1.29 is 9.59 Å². The number of hydrogen-bond acceptors (Lipinski definition) is 2. The number of rotatable bonds is 3. The third kappa shape index (κ3) is 1.99. The largest absolute Gasteiger partial charge is 0.368 e. The van der Waals surface area contributed by atoms with Crippen molar-refractivity contribution in [3.8, 4) is 0 Å². The molecule has 0 bridgehead atoms. The summed E-state index contributed by atoms with van der Waals surface area (Å²) in [6, 6.07) is -0.405. The molecule has 0 aromatic carbocycles. The van der Waals surface area contributed by atoms with E-state index >= 15 is 0 Å². The van der Waals surface area contributed by atoms with Crippen LogP contribution in [-0.4, -0.2) is 29.3 Å². The molecule has 0 radical (unpaired) electrons. The molecule has 1 aliphatic heterocycles. The van der Waals surface area contributed by atoms with Crippen LogP contribution in [-0.2, 0) is 9.59 Å². The summed E-state index contributed by atoms with van der Waals surface area (Å²) in [7, 11) is 0. The maximum Gasteiger partial charge on any atom is 0.240 e. The molecule has 2 N–H and O–H groups in total. The second-order valence-corrected chi connectivity index (χ2v) is 3.68. The van der Waals surface area contributed by atoms with Crippen LogP contribution in [0.3, 0.4) is 0 Å². The maximum atomic E-state index is 11.4. The fourth-order valence-corrected chi connectivity index (χ4v) is 1.79. The van der Waals surface area contributed by atoms with E-state index in [0.29, 0.717) is 25.3 Å². The Morgan fingerprint density at radius 3 is 2.69 bits per heavy atom. The van der Waals surface area contributed by atoms with E-state index in [4.69, 9.17) is 5.73 Å². The summed E-state index contributed by atoms with van der Waals surface area (Å²) in [4.78, 5) is 24.0. The molecule has 13 heavy (non-hydrogen) atoms. The van der Waals surface area contributed by atoms with Gasteiger partial charge in [0.2, 0.25) is 11.8 Å². The minimum Gasteiger partial charge on any atom is -0.368 e. The van der Waals surface area contributed by atoms with Crippen molar-refractivity contribution in [1.29, 1.82) is 0 Å². The minimum absolute atomic E-state index is 0.0538. The zero-order valence-corrected chi connectivity index (χ0v) is 8.12. The van der Waals surface area contributed by atoms with E-state index in [0.717, 1.165) is 0 Å². The van der Waals surface area contributed by atoms with E-state index < -0.39 is 11.9 Å². The molecule has 74 valence electrons. The van der Waals surface area contributed by atoms with Crippen molar-refractivity contribution in [3.63, 3.8) is 0 Å². The Morgan fingerprint density at radius 1 is 1.77 bits per heavy atom. The van der Waals surface area contributed by atoms with Gasteiger partial charge in [-0.1, -0.05) is 13.8 Å². The molecule has 1 aliphatic rings. The van der Waals surface area contributed by atoms with Crippen molar-refractivity contribution in [1.82, 2.24) is 4.90 Å². The fraction of sp³-hybridized carbons (Fsp3) is 0.778. The molecular formula is C9H16N2O2. The maximum absolute atomic E-state index is 11.4. The highest BCUT2D eigenvalue weighted by molar-refractivity contribution is 5.87. The number of nitrogens with two attached hydrogens (primary N) is 1. The highest BCUT2D eigenvalue weighted by Crippen LogP contribution is 2.20. The van der Waals surface area contributed by atoms with Crippen LogP contribution in [0.4, 0.5) is 0 Å². The molecule has 0 spiro atoms. The predicted octanol–water partition coefficient (Wildman–Crippen LogP) is 0.119. The van der Waals surface area contributed by atoms with Gasteiger partial charge in [0.15, 0.2) is 0 Å². The average molecular weight is 184 g/mol. The number of nitrogens with zero attached hydrogens (tertiary/aromatic N) is 1. The fourth-order valence-electron chi connectivity index (χ4n) is 1.79. The second-order valence-electron chi connectivity index (χ2n) is 3.68. The number of carbonyl (C=O) groups is 2. The van der Waals surface area contributed by atoms with Crippen LogP contribution in [0.15, 0.2) is 0 Å². The molecule has 0 aromatic rings. The zero-order chi connectivity index (χ0) is 10.0. The molecule has 1 saturated heterocycles. The number of carbonyl (C=O) groups excluding carboxylic acids is 2. The van der Waals surface area contributed by atoms with Crippen molar-refractivity contribution in [2.24, 2.45) is 11.7 Å². The van der Waals surface area contributed by atoms with Crippen molar-refractivity contribution in [3.05, 3.63) is 0 Å². The first-order valence-electron chi connectivity index (χ1n) is 4.65. The number of primary amides is 1. The summed E-state index contributed by atoms with van der Waals surface area (Å²) in [5.41, 5.74) is 5.20. The highest BCUT2D eigenvalue weighted by atomic mass is 16.2. The molecule has 2 atom stereocenters. The van der Waals surface area contributed by atoms with Crippen molar-refractivity contribution >= 4 is 11.8 Å². The molecule has 1 heterocycles. The average Bonchev–Trinajstić information content (AvgIpc) is 2.31. The lowest BCUT2D eigenvalue weighted by molar-refractivity contribution is -0.136. The van der Waals surface area contributed by atoms with E-state index in [2.05, 4.69) is 0 Å². The lowest BCUT2D eigenvalue weighted by Gasteiger charge is -2.23. The van der Waals surface area contributed by atoms with Crippen LogP contribution >= 0.6 is 0 Å². The summed E-state index contributed by atoms with van der Waals surface area (Å²) in [5, 5.41) is 0. The van der Waals surface area contributed by atoms with Gasteiger partial charge in [0.05, 0.1) is 0 Å². The molecule has 1 fully saturated rings. The summed E-state index contributed by atoms with van der Waals surface area (Å²) < 4.78 is 0. The molecule has 2 amide bonds. The Bertz CT molecular complexity index is 228. The van der Waals surface area contributed by atoms with E-state index in [1.807, 2.05) is 13.8 Å². The number of likely N-dealkylation sites (tertiary alicyclic amines) is 1. The van der Waals surface area contributed by atoms with Gasteiger partial charge in [-0.25, -0.2) is 0 Å². The van der Waals surface area contributed by atoms with Gasteiger partial charge in [-0.2, -0.15) is 0 Å². The predicted molar refractivity (Wildman–Crippen MR) is 48.8 cm³/mol. The van der Waals surface area contributed by atoms with E-state index in [9.17, 15) is 9.59 Å². The SMILES string of the molecule is CC[C@@H](C(N)=O)N1C[C@H](C)CC1=O. The molecule has 0 aromatic heterocycles. The monoisotopic (exact) mass is 184 g/mol. The van der Waals surface area contributed by atoms with Crippen LogP contribution in [0.5, 0.6) is 0 Å². The lowest BCUT2D eigenvalue weighted by atomic mass is 10.1. The van der Waals surface area contributed by atoms with Crippen LogP contribution in [0.25, 0.3) is 0 Å². The molecule has 1 rings (SSSR count). The topological polar surface area (TPSA) is 63.4 Å². The standard InChI is InChI=1S/C9H16N2O2/c1-3-7(9(10)13)11-5-6(2)4-8(11)12/h6-7H,3-5H2,1-2H3,(H2,10,13)/t6-,7+/m1/s1. The van der Waals surface area contributed by atoms with Gasteiger partial charge in [-0.05, 0) is 12.3 Å². The summed E-state index contributed by atoms with van der Waals surface area (Å²) in [6.07, 6.45) is 1.15. The Kier molecular flexibility index (Phi) is 2.90. The normalized spacial score (nSPS) is 24.9. The number of amides is 2. The molecule has 0 unspecified atom stereocenters.